The zero-order valence-corrected chi connectivity index (χ0v) is 11.4. The molecule has 20 heavy (non-hydrogen) atoms. The second kappa shape index (κ2) is 5.84. The van der Waals surface area contributed by atoms with Gasteiger partial charge >= 0.3 is 0 Å². The first-order valence-electron chi connectivity index (χ1n) is 5.81. The van der Waals surface area contributed by atoms with Gasteiger partial charge in [0.2, 0.25) is 6.41 Å². The first-order valence-corrected chi connectivity index (χ1v) is 6.18. The Balaban J connectivity index is 2.31. The molecule has 0 fully saturated rings. The van der Waals surface area contributed by atoms with Crippen molar-refractivity contribution in [3.8, 4) is 0 Å². The summed E-state index contributed by atoms with van der Waals surface area (Å²) >= 11 is 5.65. The normalized spacial score (nSPS) is 10.2. The van der Waals surface area contributed by atoms with E-state index in [2.05, 4.69) is 0 Å². The highest BCUT2D eigenvalue weighted by molar-refractivity contribution is 6.30. The Labute approximate surface area is 120 Å². The van der Waals surface area contributed by atoms with Crippen LogP contribution in [0.3, 0.4) is 0 Å². The molecule has 0 saturated heterocycles. The van der Waals surface area contributed by atoms with Crippen LogP contribution in [0.1, 0.15) is 15.9 Å². The van der Waals surface area contributed by atoms with Crippen molar-refractivity contribution >= 4 is 29.5 Å². The van der Waals surface area contributed by atoms with Gasteiger partial charge in [0, 0.05) is 23.3 Å². The molecule has 1 amide bonds. The number of anilines is 1. The first kappa shape index (κ1) is 14.2. The van der Waals surface area contributed by atoms with Gasteiger partial charge in [-0.05, 0) is 42.5 Å². The summed E-state index contributed by atoms with van der Waals surface area (Å²) in [4.78, 5) is 24.2. The Bertz CT molecular complexity index is 655. The molecule has 0 aliphatic carbocycles. The van der Waals surface area contributed by atoms with E-state index in [0.717, 1.165) is 6.07 Å². The summed E-state index contributed by atoms with van der Waals surface area (Å²) in [6, 6.07) is 10.3. The fourth-order valence-electron chi connectivity index (χ4n) is 1.74. The van der Waals surface area contributed by atoms with Gasteiger partial charge < -0.3 is 4.90 Å². The standard InChI is InChI=1S/C15H11ClFNO2/c1-18(9-19)12-5-2-10(3-6-12)15(20)13-7-4-11(16)8-14(13)17/h2-9H,1H3. The topological polar surface area (TPSA) is 37.4 Å². The highest BCUT2D eigenvalue weighted by Crippen LogP contribution is 2.19. The summed E-state index contributed by atoms with van der Waals surface area (Å²) in [6.45, 7) is 0. The largest absolute Gasteiger partial charge is 0.318 e. The van der Waals surface area contributed by atoms with Crippen LogP contribution in [0, 0.1) is 5.82 Å². The Morgan fingerprint density at radius 3 is 2.40 bits per heavy atom. The van der Waals surface area contributed by atoms with Crippen LogP contribution in [0.2, 0.25) is 5.02 Å². The summed E-state index contributed by atoms with van der Waals surface area (Å²) in [6.07, 6.45) is 0.662. The summed E-state index contributed by atoms with van der Waals surface area (Å²) in [5.41, 5.74) is 0.952. The number of amides is 1. The molecule has 102 valence electrons. The van der Waals surface area contributed by atoms with Gasteiger partial charge in [-0.2, -0.15) is 0 Å². The smallest absolute Gasteiger partial charge is 0.213 e. The summed E-state index contributed by atoms with van der Waals surface area (Å²) < 4.78 is 13.7. The summed E-state index contributed by atoms with van der Waals surface area (Å²) in [5, 5.41) is 0.238. The van der Waals surface area contributed by atoms with Gasteiger partial charge in [0.05, 0.1) is 5.56 Å². The fourth-order valence-corrected chi connectivity index (χ4v) is 1.90. The average Bonchev–Trinajstić information content (AvgIpc) is 2.46. The lowest BCUT2D eigenvalue weighted by Gasteiger charge is -2.11. The van der Waals surface area contributed by atoms with Crippen LogP contribution in [-0.4, -0.2) is 19.2 Å². The molecule has 0 unspecified atom stereocenters. The fraction of sp³-hybridized carbons (Fsp3) is 0.0667. The molecule has 0 atom stereocenters. The Morgan fingerprint density at radius 1 is 1.20 bits per heavy atom. The quantitative estimate of drug-likeness (QED) is 0.640. The zero-order chi connectivity index (χ0) is 14.7. The lowest BCUT2D eigenvalue weighted by atomic mass is 10.0. The van der Waals surface area contributed by atoms with Gasteiger partial charge in [-0.15, -0.1) is 0 Å². The molecule has 0 spiro atoms. The number of hydrogen-bond donors (Lipinski definition) is 0. The molecule has 2 aromatic carbocycles. The number of nitrogens with zero attached hydrogens (tertiary/aromatic N) is 1. The number of carbonyl (C=O) groups is 2. The SMILES string of the molecule is CN(C=O)c1ccc(C(=O)c2ccc(Cl)cc2F)cc1. The highest BCUT2D eigenvalue weighted by Gasteiger charge is 2.14. The molecule has 0 saturated carbocycles. The van der Waals surface area contributed by atoms with Gasteiger partial charge in [0.25, 0.3) is 0 Å². The molecule has 0 N–H and O–H groups in total. The van der Waals surface area contributed by atoms with E-state index < -0.39 is 11.6 Å². The molecular weight excluding hydrogens is 281 g/mol. The van der Waals surface area contributed by atoms with Gasteiger partial charge in [0.15, 0.2) is 5.78 Å². The van der Waals surface area contributed by atoms with E-state index in [1.165, 1.54) is 17.0 Å². The monoisotopic (exact) mass is 291 g/mol. The minimum absolute atomic E-state index is 0.0362. The van der Waals surface area contributed by atoms with Crippen LogP contribution >= 0.6 is 11.6 Å². The summed E-state index contributed by atoms with van der Waals surface area (Å²) in [7, 11) is 1.60. The van der Waals surface area contributed by atoms with Gasteiger partial charge in [-0.1, -0.05) is 11.6 Å². The molecule has 2 aromatic rings. The molecule has 0 aromatic heterocycles. The number of ketones is 1. The third-order valence-electron chi connectivity index (χ3n) is 2.87. The predicted octanol–water partition coefficient (Wildman–Crippen LogP) is 3.30. The molecule has 0 heterocycles. The van der Waals surface area contributed by atoms with Crippen molar-refractivity contribution < 1.29 is 14.0 Å². The number of halogens is 2. The highest BCUT2D eigenvalue weighted by atomic mass is 35.5. The minimum atomic E-state index is -0.656. The maximum atomic E-state index is 13.7. The van der Waals surface area contributed by atoms with E-state index in [0.29, 0.717) is 17.7 Å². The molecule has 0 aliphatic rings. The molecule has 0 aliphatic heterocycles. The maximum absolute atomic E-state index is 13.7. The van der Waals surface area contributed by atoms with Crippen molar-refractivity contribution in [3.63, 3.8) is 0 Å². The van der Waals surface area contributed by atoms with E-state index in [-0.39, 0.29) is 10.6 Å². The molecule has 3 nitrogen and oxygen atoms in total. The van der Waals surface area contributed by atoms with Crippen LogP contribution in [0.5, 0.6) is 0 Å². The van der Waals surface area contributed by atoms with Crippen molar-refractivity contribution in [1.82, 2.24) is 0 Å². The van der Waals surface area contributed by atoms with Gasteiger partial charge in [0.1, 0.15) is 5.82 Å². The van der Waals surface area contributed by atoms with E-state index in [1.807, 2.05) is 0 Å². The third-order valence-corrected chi connectivity index (χ3v) is 3.11. The number of hydrogen-bond acceptors (Lipinski definition) is 2. The zero-order valence-electron chi connectivity index (χ0n) is 10.6. The van der Waals surface area contributed by atoms with Gasteiger partial charge in [-0.25, -0.2) is 4.39 Å². The third kappa shape index (κ3) is 2.86. The van der Waals surface area contributed by atoms with Crippen molar-refractivity contribution in [2.75, 3.05) is 11.9 Å². The van der Waals surface area contributed by atoms with Crippen molar-refractivity contribution in [2.45, 2.75) is 0 Å². The average molecular weight is 292 g/mol. The molecular formula is C15H11ClFNO2. The van der Waals surface area contributed by atoms with Crippen LogP contribution in [0.4, 0.5) is 10.1 Å². The molecule has 0 radical (unpaired) electrons. The minimum Gasteiger partial charge on any atom is -0.318 e. The Kier molecular flexibility index (Phi) is 4.15. The maximum Gasteiger partial charge on any atom is 0.213 e. The number of carbonyl (C=O) groups excluding carboxylic acids is 2. The predicted molar refractivity (Wildman–Crippen MR) is 75.8 cm³/mol. The second-order valence-electron chi connectivity index (χ2n) is 4.22. The number of rotatable bonds is 4. The molecule has 5 heteroatoms. The summed E-state index contributed by atoms with van der Waals surface area (Å²) in [5.74, 6) is -1.09. The second-order valence-corrected chi connectivity index (χ2v) is 4.65. The lowest BCUT2D eigenvalue weighted by molar-refractivity contribution is -0.107. The van der Waals surface area contributed by atoms with Crippen LogP contribution in [-0.2, 0) is 4.79 Å². The van der Waals surface area contributed by atoms with Crippen molar-refractivity contribution in [1.29, 1.82) is 0 Å². The Hall–Kier alpha value is -2.20. The van der Waals surface area contributed by atoms with E-state index in [1.54, 1.807) is 31.3 Å². The van der Waals surface area contributed by atoms with Gasteiger partial charge in [-0.3, -0.25) is 9.59 Å². The van der Waals surface area contributed by atoms with Crippen molar-refractivity contribution in [3.05, 3.63) is 64.4 Å². The first-order chi connectivity index (χ1) is 9.52. The Morgan fingerprint density at radius 2 is 1.85 bits per heavy atom. The lowest BCUT2D eigenvalue weighted by Crippen LogP contribution is -2.13. The van der Waals surface area contributed by atoms with E-state index in [9.17, 15) is 14.0 Å². The van der Waals surface area contributed by atoms with E-state index in [4.69, 9.17) is 11.6 Å². The molecule has 0 bridgehead atoms. The van der Waals surface area contributed by atoms with Crippen molar-refractivity contribution in [2.24, 2.45) is 0 Å². The van der Waals surface area contributed by atoms with Crippen LogP contribution in [0.25, 0.3) is 0 Å². The van der Waals surface area contributed by atoms with Crippen LogP contribution in [0.15, 0.2) is 42.5 Å². The van der Waals surface area contributed by atoms with Crippen LogP contribution < -0.4 is 4.90 Å². The molecule has 2 rings (SSSR count). The van der Waals surface area contributed by atoms with E-state index >= 15 is 0 Å². The number of benzene rings is 2.